The molecule has 7 N–H and O–H groups in total. The van der Waals surface area contributed by atoms with Gasteiger partial charge in [0.2, 0.25) is 17.7 Å². The monoisotopic (exact) mass is 374 g/mol. The van der Waals surface area contributed by atoms with Crippen molar-refractivity contribution in [3.8, 4) is 0 Å². The number of carboxylic acids is 2. The molecule has 0 fully saturated rings. The number of carbonyl (C=O) groups excluding carboxylic acids is 3. The van der Waals surface area contributed by atoms with Crippen LogP contribution >= 0.6 is 0 Å². The summed E-state index contributed by atoms with van der Waals surface area (Å²) in [5.41, 5.74) is 5.11. The molecule has 3 amide bonds. The Morgan fingerprint density at radius 3 is 1.88 bits per heavy atom. The molecule has 3 atom stereocenters. The number of hydrogen-bond acceptors (Lipinski definition) is 6. The van der Waals surface area contributed by atoms with Gasteiger partial charge in [-0.3, -0.25) is 19.2 Å². The highest BCUT2D eigenvalue weighted by molar-refractivity contribution is 5.94. The first-order valence-corrected chi connectivity index (χ1v) is 8.02. The zero-order chi connectivity index (χ0) is 20.4. The van der Waals surface area contributed by atoms with Gasteiger partial charge < -0.3 is 31.9 Å². The summed E-state index contributed by atoms with van der Waals surface area (Å²) in [5.74, 6) is -4.88. The molecule has 0 aliphatic rings. The highest BCUT2D eigenvalue weighted by atomic mass is 16.4. The van der Waals surface area contributed by atoms with Gasteiger partial charge in [-0.15, -0.1) is 0 Å². The molecule has 0 aromatic heterocycles. The number of carboxylic acid groups (broad SMARTS) is 2. The summed E-state index contributed by atoms with van der Waals surface area (Å²) in [7, 11) is 0. The second kappa shape index (κ2) is 11.0. The average Bonchev–Trinajstić information content (AvgIpc) is 2.52. The lowest BCUT2D eigenvalue weighted by Gasteiger charge is -2.22. The van der Waals surface area contributed by atoms with E-state index in [2.05, 4.69) is 16.0 Å². The zero-order valence-corrected chi connectivity index (χ0v) is 14.9. The second-order valence-electron chi connectivity index (χ2n) is 6.18. The Hall–Kier alpha value is -2.69. The van der Waals surface area contributed by atoms with Crippen molar-refractivity contribution in [2.75, 3.05) is 6.54 Å². The quantitative estimate of drug-likeness (QED) is 0.240. The minimum atomic E-state index is -1.41. The van der Waals surface area contributed by atoms with Gasteiger partial charge >= 0.3 is 11.9 Å². The SMILES string of the molecule is CC(C)CC(NC(=O)C(C)NC(=O)C(CC(=O)O)NC(=O)CN)C(=O)O. The van der Waals surface area contributed by atoms with Gasteiger partial charge in [0.15, 0.2) is 0 Å². The summed E-state index contributed by atoms with van der Waals surface area (Å²) in [4.78, 5) is 57.5. The summed E-state index contributed by atoms with van der Waals surface area (Å²) in [6, 6.07) is -3.67. The maximum atomic E-state index is 12.1. The van der Waals surface area contributed by atoms with Gasteiger partial charge in [-0.1, -0.05) is 13.8 Å². The fraction of sp³-hybridized carbons (Fsp3) is 0.667. The van der Waals surface area contributed by atoms with Crippen LogP contribution < -0.4 is 21.7 Å². The van der Waals surface area contributed by atoms with E-state index < -0.39 is 60.8 Å². The second-order valence-corrected chi connectivity index (χ2v) is 6.18. The highest BCUT2D eigenvalue weighted by Crippen LogP contribution is 2.05. The maximum Gasteiger partial charge on any atom is 0.326 e. The molecule has 0 aliphatic heterocycles. The largest absolute Gasteiger partial charge is 0.481 e. The summed E-state index contributed by atoms with van der Waals surface area (Å²) in [6.45, 7) is 4.47. The predicted octanol–water partition coefficient (Wildman–Crippen LogP) is -1.98. The molecule has 0 radical (unpaired) electrons. The van der Waals surface area contributed by atoms with E-state index in [1.54, 1.807) is 13.8 Å². The minimum absolute atomic E-state index is 0.0210. The fourth-order valence-electron chi connectivity index (χ4n) is 2.01. The van der Waals surface area contributed by atoms with Crippen LogP contribution in [0.3, 0.4) is 0 Å². The lowest BCUT2D eigenvalue weighted by Crippen LogP contribution is -2.55. The normalized spacial score (nSPS) is 14.0. The maximum absolute atomic E-state index is 12.1. The first-order valence-electron chi connectivity index (χ1n) is 8.02. The molecule has 148 valence electrons. The number of rotatable bonds is 11. The lowest BCUT2D eigenvalue weighted by atomic mass is 10.0. The van der Waals surface area contributed by atoms with Crippen LogP contribution in [-0.2, 0) is 24.0 Å². The predicted molar refractivity (Wildman–Crippen MR) is 89.9 cm³/mol. The molecule has 11 nitrogen and oxygen atoms in total. The molecule has 0 bridgehead atoms. The third-order valence-corrected chi connectivity index (χ3v) is 3.29. The van der Waals surface area contributed by atoms with Gasteiger partial charge in [0.25, 0.3) is 0 Å². The smallest absolute Gasteiger partial charge is 0.326 e. The van der Waals surface area contributed by atoms with E-state index in [1.165, 1.54) is 6.92 Å². The Balaban J connectivity index is 4.90. The van der Waals surface area contributed by atoms with Crippen LogP contribution in [0.5, 0.6) is 0 Å². The molecule has 0 aromatic carbocycles. The van der Waals surface area contributed by atoms with Crippen LogP contribution in [0.25, 0.3) is 0 Å². The Morgan fingerprint density at radius 1 is 0.885 bits per heavy atom. The molecule has 0 rings (SSSR count). The summed E-state index contributed by atoms with van der Waals surface area (Å²) >= 11 is 0. The molecule has 11 heteroatoms. The summed E-state index contributed by atoms with van der Waals surface area (Å²) in [6.07, 6.45) is -0.493. The topological polar surface area (TPSA) is 188 Å². The first kappa shape index (κ1) is 23.3. The third kappa shape index (κ3) is 8.97. The number of nitrogens with one attached hydrogen (secondary N) is 3. The van der Waals surface area contributed by atoms with E-state index in [0.717, 1.165) is 0 Å². The molecule has 0 aliphatic carbocycles. The lowest BCUT2D eigenvalue weighted by molar-refractivity contribution is -0.143. The van der Waals surface area contributed by atoms with Crippen LogP contribution in [0.1, 0.15) is 33.6 Å². The van der Waals surface area contributed by atoms with Crippen LogP contribution in [-0.4, -0.2) is 64.5 Å². The van der Waals surface area contributed by atoms with E-state index in [-0.39, 0.29) is 12.3 Å². The molecular formula is C15H26N4O7. The molecule has 0 saturated carbocycles. The average molecular weight is 374 g/mol. The number of amides is 3. The minimum Gasteiger partial charge on any atom is -0.481 e. The molecule has 26 heavy (non-hydrogen) atoms. The molecule has 0 aromatic rings. The van der Waals surface area contributed by atoms with Gasteiger partial charge in [-0.05, 0) is 19.3 Å². The number of carbonyl (C=O) groups is 5. The van der Waals surface area contributed by atoms with Crippen LogP contribution in [0, 0.1) is 5.92 Å². The van der Waals surface area contributed by atoms with Crippen LogP contribution in [0.15, 0.2) is 0 Å². The Labute approximate surface area is 150 Å². The van der Waals surface area contributed by atoms with Crippen molar-refractivity contribution >= 4 is 29.7 Å². The molecular weight excluding hydrogens is 348 g/mol. The van der Waals surface area contributed by atoms with Crippen molar-refractivity contribution in [2.45, 2.75) is 51.7 Å². The number of aliphatic carboxylic acids is 2. The Kier molecular flexibility index (Phi) is 9.89. The highest BCUT2D eigenvalue weighted by Gasteiger charge is 2.28. The first-order chi connectivity index (χ1) is 12.0. The van der Waals surface area contributed by atoms with Crippen molar-refractivity contribution in [2.24, 2.45) is 11.7 Å². The van der Waals surface area contributed by atoms with Crippen LogP contribution in [0.4, 0.5) is 0 Å². The Bertz CT molecular complexity index is 550. The van der Waals surface area contributed by atoms with Gasteiger partial charge in [-0.25, -0.2) is 4.79 Å². The van der Waals surface area contributed by atoms with E-state index in [9.17, 15) is 24.0 Å². The third-order valence-electron chi connectivity index (χ3n) is 3.29. The van der Waals surface area contributed by atoms with Gasteiger partial charge in [-0.2, -0.15) is 0 Å². The fourth-order valence-corrected chi connectivity index (χ4v) is 2.01. The van der Waals surface area contributed by atoms with Crippen molar-refractivity contribution < 1.29 is 34.2 Å². The van der Waals surface area contributed by atoms with E-state index in [0.29, 0.717) is 0 Å². The van der Waals surface area contributed by atoms with Crippen LogP contribution in [0.2, 0.25) is 0 Å². The Morgan fingerprint density at radius 2 is 1.46 bits per heavy atom. The molecule has 3 unspecified atom stereocenters. The molecule has 0 heterocycles. The number of hydrogen-bond donors (Lipinski definition) is 6. The standard InChI is InChI=1S/C15H26N4O7/c1-7(2)4-10(15(25)26)19-13(23)8(3)17-14(24)9(5-12(21)22)18-11(20)6-16/h7-10H,4-6,16H2,1-3H3,(H,17,24)(H,18,20)(H,19,23)(H,21,22)(H,25,26). The van der Waals surface area contributed by atoms with Crippen molar-refractivity contribution in [3.63, 3.8) is 0 Å². The summed E-state index contributed by atoms with van der Waals surface area (Å²) in [5, 5.41) is 24.6. The van der Waals surface area contributed by atoms with Gasteiger partial charge in [0.05, 0.1) is 13.0 Å². The summed E-state index contributed by atoms with van der Waals surface area (Å²) < 4.78 is 0. The van der Waals surface area contributed by atoms with E-state index in [1.807, 2.05) is 0 Å². The zero-order valence-electron chi connectivity index (χ0n) is 14.9. The molecule has 0 spiro atoms. The van der Waals surface area contributed by atoms with Crippen molar-refractivity contribution in [1.82, 2.24) is 16.0 Å². The molecule has 0 saturated heterocycles. The number of nitrogens with two attached hydrogens (primary N) is 1. The van der Waals surface area contributed by atoms with Crippen molar-refractivity contribution in [1.29, 1.82) is 0 Å². The van der Waals surface area contributed by atoms with Crippen molar-refractivity contribution in [3.05, 3.63) is 0 Å². The van der Waals surface area contributed by atoms with E-state index >= 15 is 0 Å². The van der Waals surface area contributed by atoms with Gasteiger partial charge in [0, 0.05) is 0 Å². The van der Waals surface area contributed by atoms with Gasteiger partial charge in [0.1, 0.15) is 18.1 Å². The van der Waals surface area contributed by atoms with E-state index in [4.69, 9.17) is 15.9 Å².